The summed E-state index contributed by atoms with van der Waals surface area (Å²) in [6.07, 6.45) is -3.84. The number of hydrogen-bond donors (Lipinski definition) is 0. The fraction of sp³-hybridized carbons (Fsp3) is 0.750. The third-order valence-corrected chi connectivity index (χ3v) is 3.25. The third kappa shape index (κ3) is 4.33. The van der Waals surface area contributed by atoms with Crippen molar-refractivity contribution in [1.82, 2.24) is 15.0 Å². The van der Waals surface area contributed by atoms with E-state index < -0.39 is 12.1 Å². The molecule has 1 fully saturated rings. The van der Waals surface area contributed by atoms with Crippen LogP contribution in [-0.4, -0.2) is 40.3 Å². The molecule has 0 saturated carbocycles. The number of ether oxygens (including phenoxy) is 1. The van der Waals surface area contributed by atoms with Gasteiger partial charge in [0, 0.05) is 13.1 Å². The van der Waals surface area contributed by atoms with Gasteiger partial charge in [-0.05, 0) is 38.3 Å². The van der Waals surface area contributed by atoms with Gasteiger partial charge in [-0.15, -0.1) is 0 Å². The number of hydrogen-bond acceptors (Lipinski definition) is 5. The molecule has 5 nitrogen and oxygen atoms in total. The molecule has 2 heterocycles. The summed E-state index contributed by atoms with van der Waals surface area (Å²) in [5.74, 6) is -1.25. The highest BCUT2D eigenvalue weighted by Crippen LogP contribution is 2.34. The Kier molecular flexibility index (Phi) is 4.75. The van der Waals surface area contributed by atoms with Crippen LogP contribution in [0, 0.1) is 5.92 Å². The highest BCUT2D eigenvalue weighted by atomic mass is 35.5. The molecule has 1 aromatic heterocycles. The Balaban J connectivity index is 2.19. The van der Waals surface area contributed by atoms with E-state index in [1.54, 1.807) is 13.8 Å². The van der Waals surface area contributed by atoms with Crippen molar-refractivity contribution in [3.8, 4) is 6.01 Å². The molecule has 0 amide bonds. The smallest absolute Gasteiger partial charge is 0.393 e. The lowest BCUT2D eigenvalue weighted by Crippen LogP contribution is -2.42. The van der Waals surface area contributed by atoms with Gasteiger partial charge in [0.1, 0.15) is 0 Å². The second-order valence-electron chi connectivity index (χ2n) is 5.18. The molecular weight excluding hydrogens is 309 g/mol. The maximum absolute atomic E-state index is 12.8. The predicted molar refractivity (Wildman–Crippen MR) is 71.6 cm³/mol. The molecule has 1 saturated heterocycles. The molecule has 0 aromatic carbocycles. The summed E-state index contributed by atoms with van der Waals surface area (Å²) in [7, 11) is 0. The molecule has 1 aliphatic heterocycles. The van der Waals surface area contributed by atoms with Gasteiger partial charge in [-0.1, -0.05) is 0 Å². The molecule has 1 aliphatic rings. The standard InChI is InChI=1S/C12H16ClF3N4O/c1-7(2)21-11-18-9(13)17-10(19-11)20-5-3-4-8(6-20)12(14,15)16/h7-8H,3-6H2,1-2H3. The van der Waals surface area contributed by atoms with E-state index in [0.717, 1.165) is 0 Å². The lowest BCUT2D eigenvalue weighted by atomic mass is 9.98. The number of halogens is 4. The van der Waals surface area contributed by atoms with Crippen molar-refractivity contribution < 1.29 is 17.9 Å². The average Bonchev–Trinajstić information content (AvgIpc) is 2.36. The number of piperidine rings is 1. The topological polar surface area (TPSA) is 51.1 Å². The molecule has 0 bridgehead atoms. The number of nitrogens with zero attached hydrogens (tertiary/aromatic N) is 4. The molecule has 1 aromatic rings. The van der Waals surface area contributed by atoms with Crippen LogP contribution in [0.5, 0.6) is 6.01 Å². The van der Waals surface area contributed by atoms with Crippen LogP contribution in [0.2, 0.25) is 5.28 Å². The third-order valence-electron chi connectivity index (χ3n) is 3.08. The summed E-state index contributed by atoms with van der Waals surface area (Å²) in [5, 5.41) is -0.0928. The zero-order chi connectivity index (χ0) is 15.6. The lowest BCUT2D eigenvalue weighted by Gasteiger charge is -2.33. The molecular formula is C12H16ClF3N4O. The van der Waals surface area contributed by atoms with Crippen LogP contribution in [0.4, 0.5) is 19.1 Å². The SMILES string of the molecule is CC(C)Oc1nc(Cl)nc(N2CCCC(C(F)(F)F)C2)n1. The Morgan fingerprint density at radius 2 is 2.00 bits per heavy atom. The van der Waals surface area contributed by atoms with Crippen molar-refractivity contribution in [2.75, 3.05) is 18.0 Å². The number of alkyl halides is 3. The first-order valence-corrected chi connectivity index (χ1v) is 7.03. The molecule has 9 heteroatoms. The van der Waals surface area contributed by atoms with Crippen molar-refractivity contribution in [3.05, 3.63) is 5.28 Å². The summed E-state index contributed by atoms with van der Waals surface area (Å²) in [5.41, 5.74) is 0. The van der Waals surface area contributed by atoms with Gasteiger partial charge in [-0.2, -0.15) is 28.1 Å². The second-order valence-corrected chi connectivity index (χ2v) is 5.52. The zero-order valence-electron chi connectivity index (χ0n) is 11.7. The van der Waals surface area contributed by atoms with Crippen LogP contribution in [-0.2, 0) is 0 Å². The van der Waals surface area contributed by atoms with E-state index in [4.69, 9.17) is 16.3 Å². The first-order valence-electron chi connectivity index (χ1n) is 6.65. The van der Waals surface area contributed by atoms with Crippen LogP contribution in [0.25, 0.3) is 0 Å². The van der Waals surface area contributed by atoms with Gasteiger partial charge in [0.2, 0.25) is 11.2 Å². The summed E-state index contributed by atoms with van der Waals surface area (Å²) in [4.78, 5) is 13.2. The first kappa shape index (κ1) is 16.1. The van der Waals surface area contributed by atoms with Crippen LogP contribution in [0.15, 0.2) is 0 Å². The predicted octanol–water partition coefficient (Wildman–Crippen LogP) is 3.09. The molecule has 2 rings (SSSR count). The van der Waals surface area contributed by atoms with E-state index in [1.807, 2.05) is 0 Å². The number of aromatic nitrogens is 3. The van der Waals surface area contributed by atoms with Crippen molar-refractivity contribution >= 4 is 17.5 Å². The van der Waals surface area contributed by atoms with E-state index >= 15 is 0 Å². The Morgan fingerprint density at radius 3 is 2.62 bits per heavy atom. The molecule has 0 aliphatic carbocycles. The Bertz CT molecular complexity index is 498. The Hall–Kier alpha value is -1.31. The molecule has 0 radical (unpaired) electrons. The summed E-state index contributed by atoms with van der Waals surface area (Å²) in [6.45, 7) is 3.86. The number of rotatable bonds is 3. The van der Waals surface area contributed by atoms with Gasteiger partial charge in [0.05, 0.1) is 12.0 Å². The fourth-order valence-electron chi connectivity index (χ4n) is 2.15. The quantitative estimate of drug-likeness (QED) is 0.855. The van der Waals surface area contributed by atoms with Gasteiger partial charge >= 0.3 is 12.2 Å². The zero-order valence-corrected chi connectivity index (χ0v) is 12.4. The minimum Gasteiger partial charge on any atom is -0.461 e. The van der Waals surface area contributed by atoms with Crippen molar-refractivity contribution in [3.63, 3.8) is 0 Å². The molecule has 21 heavy (non-hydrogen) atoms. The second kappa shape index (κ2) is 6.21. The molecule has 1 unspecified atom stereocenters. The van der Waals surface area contributed by atoms with Crippen molar-refractivity contribution in [2.24, 2.45) is 5.92 Å². The maximum Gasteiger partial charge on any atom is 0.393 e. The van der Waals surface area contributed by atoms with Crippen LogP contribution in [0.1, 0.15) is 26.7 Å². The molecule has 118 valence electrons. The van der Waals surface area contributed by atoms with E-state index in [1.165, 1.54) is 4.90 Å². The van der Waals surface area contributed by atoms with E-state index in [-0.39, 0.29) is 36.3 Å². The molecule has 0 N–H and O–H groups in total. The fourth-order valence-corrected chi connectivity index (χ4v) is 2.30. The minimum atomic E-state index is -4.22. The summed E-state index contributed by atoms with van der Waals surface area (Å²) < 4.78 is 43.8. The largest absolute Gasteiger partial charge is 0.461 e. The van der Waals surface area contributed by atoms with Crippen LogP contribution < -0.4 is 9.64 Å². The first-order chi connectivity index (χ1) is 9.75. The normalized spacial score (nSPS) is 20.0. The monoisotopic (exact) mass is 324 g/mol. The summed E-state index contributed by atoms with van der Waals surface area (Å²) in [6, 6.07) is 0.0223. The van der Waals surface area contributed by atoms with Gasteiger partial charge < -0.3 is 9.64 Å². The highest BCUT2D eigenvalue weighted by Gasteiger charge is 2.42. The van der Waals surface area contributed by atoms with E-state index in [2.05, 4.69) is 15.0 Å². The molecule has 0 spiro atoms. The Morgan fingerprint density at radius 1 is 1.29 bits per heavy atom. The van der Waals surface area contributed by atoms with Gasteiger partial charge in [0.15, 0.2) is 0 Å². The van der Waals surface area contributed by atoms with Gasteiger partial charge in [-0.3, -0.25) is 0 Å². The maximum atomic E-state index is 12.8. The minimum absolute atomic E-state index is 0.0223. The average molecular weight is 325 g/mol. The van der Waals surface area contributed by atoms with E-state index in [0.29, 0.717) is 13.0 Å². The summed E-state index contributed by atoms with van der Waals surface area (Å²) >= 11 is 5.79. The van der Waals surface area contributed by atoms with Crippen LogP contribution in [0.3, 0.4) is 0 Å². The Labute approximate surface area is 125 Å². The van der Waals surface area contributed by atoms with Crippen molar-refractivity contribution in [2.45, 2.75) is 39.0 Å². The van der Waals surface area contributed by atoms with Gasteiger partial charge in [0.25, 0.3) is 0 Å². The van der Waals surface area contributed by atoms with Gasteiger partial charge in [-0.25, -0.2) is 0 Å². The van der Waals surface area contributed by atoms with Crippen molar-refractivity contribution in [1.29, 1.82) is 0 Å². The molecule has 1 atom stereocenters. The lowest BCUT2D eigenvalue weighted by molar-refractivity contribution is -0.176. The van der Waals surface area contributed by atoms with E-state index in [9.17, 15) is 13.2 Å². The highest BCUT2D eigenvalue weighted by molar-refractivity contribution is 6.28. The number of anilines is 1. The van der Waals surface area contributed by atoms with Crippen LogP contribution >= 0.6 is 11.6 Å².